The Balaban J connectivity index is 2.78. The quantitative estimate of drug-likeness (QED) is 0.701. The van der Waals surface area contributed by atoms with Gasteiger partial charge in [-0.3, -0.25) is 9.59 Å². The van der Waals surface area contributed by atoms with Gasteiger partial charge in [-0.15, -0.1) is 11.3 Å². The molecule has 0 radical (unpaired) electrons. The van der Waals surface area contributed by atoms with Gasteiger partial charge in [-0.1, -0.05) is 0 Å². The van der Waals surface area contributed by atoms with Gasteiger partial charge in [-0.2, -0.15) is 0 Å². The van der Waals surface area contributed by atoms with Crippen LogP contribution in [-0.2, 0) is 9.59 Å². The highest BCUT2D eigenvalue weighted by atomic mass is 32.1. The Bertz CT molecular complexity index is 541. The van der Waals surface area contributed by atoms with Gasteiger partial charge in [0.1, 0.15) is 13.1 Å². The molecule has 0 bridgehead atoms. The van der Waals surface area contributed by atoms with Crippen LogP contribution < -0.4 is 11.1 Å². The van der Waals surface area contributed by atoms with Crippen LogP contribution >= 0.6 is 11.3 Å². The Hall–Kier alpha value is -2.16. The molecule has 116 valence electrons. The Morgan fingerprint density at radius 2 is 2.00 bits per heavy atom. The molecule has 21 heavy (non-hydrogen) atoms. The topological polar surface area (TPSA) is 126 Å². The second kappa shape index (κ2) is 7.02. The van der Waals surface area contributed by atoms with Gasteiger partial charge in [0.15, 0.2) is 0 Å². The van der Waals surface area contributed by atoms with Crippen molar-refractivity contribution in [1.29, 1.82) is 0 Å². The number of nitrogens with one attached hydrogen (secondary N) is 1. The second-order valence-corrected chi connectivity index (χ2v) is 5.80. The monoisotopic (exact) mass is 314 g/mol. The largest absolute Gasteiger partial charge is 0.480 e. The zero-order chi connectivity index (χ0) is 16.2. The van der Waals surface area contributed by atoms with Crippen molar-refractivity contribution in [3.63, 3.8) is 0 Å². The molecule has 1 heterocycles. The van der Waals surface area contributed by atoms with Crippen LogP contribution in [0.5, 0.6) is 0 Å². The number of thiazole rings is 1. The van der Waals surface area contributed by atoms with Crippen molar-refractivity contribution >= 4 is 29.2 Å². The van der Waals surface area contributed by atoms with E-state index in [0.29, 0.717) is 0 Å². The van der Waals surface area contributed by atoms with Crippen molar-refractivity contribution in [2.45, 2.75) is 26.8 Å². The van der Waals surface area contributed by atoms with Crippen LogP contribution in [0.4, 0.5) is 4.79 Å². The van der Waals surface area contributed by atoms with Crippen molar-refractivity contribution in [2.75, 3.05) is 13.1 Å². The number of nitrogens with zero attached hydrogens (tertiary/aromatic N) is 2. The first kappa shape index (κ1) is 16.9. The first-order chi connectivity index (χ1) is 9.70. The number of urea groups is 1. The first-order valence-electron chi connectivity index (χ1n) is 6.20. The van der Waals surface area contributed by atoms with Crippen LogP contribution in [-0.4, -0.2) is 46.0 Å². The van der Waals surface area contributed by atoms with Crippen molar-refractivity contribution in [1.82, 2.24) is 15.2 Å². The van der Waals surface area contributed by atoms with Gasteiger partial charge in [0.05, 0.1) is 16.7 Å². The van der Waals surface area contributed by atoms with E-state index < -0.39 is 31.0 Å². The minimum Gasteiger partial charge on any atom is -0.480 e. The summed E-state index contributed by atoms with van der Waals surface area (Å²) in [5, 5.41) is 12.3. The Morgan fingerprint density at radius 1 is 1.38 bits per heavy atom. The number of aryl methyl sites for hydroxylation is 2. The normalized spacial score (nSPS) is 11.8. The van der Waals surface area contributed by atoms with Crippen molar-refractivity contribution in [3.8, 4) is 0 Å². The summed E-state index contributed by atoms with van der Waals surface area (Å²) in [6, 6.07) is -0.998. The van der Waals surface area contributed by atoms with Gasteiger partial charge in [-0.05, 0) is 20.8 Å². The Kier molecular flexibility index (Phi) is 5.65. The molecule has 0 aliphatic heterocycles. The van der Waals surface area contributed by atoms with Crippen LogP contribution in [0.3, 0.4) is 0 Å². The van der Waals surface area contributed by atoms with Gasteiger partial charge in [0.2, 0.25) is 5.91 Å². The summed E-state index contributed by atoms with van der Waals surface area (Å²) >= 11 is 1.45. The number of hydrogen-bond acceptors (Lipinski definition) is 5. The molecule has 1 atom stereocenters. The van der Waals surface area contributed by atoms with E-state index in [1.165, 1.54) is 11.3 Å². The molecule has 0 fully saturated rings. The molecule has 0 spiro atoms. The van der Waals surface area contributed by atoms with E-state index >= 15 is 0 Å². The third kappa shape index (κ3) is 5.03. The van der Waals surface area contributed by atoms with Crippen molar-refractivity contribution < 1.29 is 19.5 Å². The number of nitrogens with two attached hydrogens (primary N) is 1. The molecule has 0 saturated carbocycles. The number of hydrogen-bond donors (Lipinski definition) is 3. The molecule has 1 aromatic heterocycles. The van der Waals surface area contributed by atoms with Gasteiger partial charge in [0.25, 0.3) is 0 Å². The second-order valence-electron chi connectivity index (χ2n) is 4.57. The average molecular weight is 314 g/mol. The molecule has 3 amide bonds. The third-order valence-electron chi connectivity index (χ3n) is 2.63. The van der Waals surface area contributed by atoms with Crippen LogP contribution in [0.25, 0.3) is 0 Å². The standard InChI is InChI=1S/C12H18N4O4S/c1-6-11(21-8(3)14-6)7(2)15-12(20)16(4-9(13)17)5-10(18)19/h7H,4-5H2,1-3H3,(H2,13,17)(H,15,20)(H,18,19). The van der Waals surface area contributed by atoms with E-state index in [0.717, 1.165) is 20.5 Å². The maximum Gasteiger partial charge on any atom is 0.323 e. The van der Waals surface area contributed by atoms with Gasteiger partial charge in [0, 0.05) is 4.88 Å². The minimum absolute atomic E-state index is 0.340. The molecule has 9 heteroatoms. The molecule has 1 rings (SSSR count). The van der Waals surface area contributed by atoms with Crippen LogP contribution in [0.2, 0.25) is 0 Å². The van der Waals surface area contributed by atoms with E-state index in [-0.39, 0.29) is 6.04 Å². The van der Waals surface area contributed by atoms with E-state index in [1.54, 1.807) is 6.92 Å². The maximum atomic E-state index is 12.0. The number of rotatable bonds is 6. The molecule has 0 saturated heterocycles. The molecule has 1 unspecified atom stereocenters. The minimum atomic E-state index is -1.22. The number of aromatic nitrogens is 1. The zero-order valence-electron chi connectivity index (χ0n) is 12.0. The number of primary amides is 1. The Labute approximate surface area is 126 Å². The fourth-order valence-corrected chi connectivity index (χ4v) is 2.77. The molecule has 8 nitrogen and oxygen atoms in total. The summed E-state index contributed by atoms with van der Waals surface area (Å²) in [6.07, 6.45) is 0. The lowest BCUT2D eigenvalue weighted by atomic mass is 10.2. The lowest BCUT2D eigenvalue weighted by Gasteiger charge is -2.22. The maximum absolute atomic E-state index is 12.0. The SMILES string of the molecule is Cc1nc(C)c(C(C)NC(=O)N(CC(N)=O)CC(=O)O)s1. The number of carbonyl (C=O) groups excluding carboxylic acids is 2. The molecular weight excluding hydrogens is 296 g/mol. The van der Waals surface area contributed by atoms with Gasteiger partial charge in [-0.25, -0.2) is 9.78 Å². The van der Waals surface area contributed by atoms with E-state index in [4.69, 9.17) is 10.8 Å². The number of carbonyl (C=O) groups is 3. The van der Waals surface area contributed by atoms with Crippen LogP contribution in [0, 0.1) is 13.8 Å². The van der Waals surface area contributed by atoms with E-state index in [2.05, 4.69) is 10.3 Å². The lowest BCUT2D eigenvalue weighted by Crippen LogP contribution is -2.47. The number of carboxylic acid groups (broad SMARTS) is 1. The summed E-state index contributed by atoms with van der Waals surface area (Å²) < 4.78 is 0. The van der Waals surface area contributed by atoms with Gasteiger partial charge >= 0.3 is 12.0 Å². The summed E-state index contributed by atoms with van der Waals surface area (Å²) in [5.74, 6) is -1.99. The van der Waals surface area contributed by atoms with Crippen LogP contribution in [0.15, 0.2) is 0 Å². The molecular formula is C12H18N4O4S. The third-order valence-corrected chi connectivity index (χ3v) is 3.89. The highest BCUT2D eigenvalue weighted by Gasteiger charge is 2.22. The summed E-state index contributed by atoms with van der Waals surface area (Å²) in [5.41, 5.74) is 5.82. The fourth-order valence-electron chi connectivity index (χ4n) is 1.84. The van der Waals surface area contributed by atoms with Crippen LogP contribution in [0.1, 0.15) is 28.5 Å². The van der Waals surface area contributed by atoms with E-state index in [9.17, 15) is 14.4 Å². The summed E-state index contributed by atoms with van der Waals surface area (Å²) in [4.78, 5) is 39.7. The highest BCUT2D eigenvalue weighted by Crippen LogP contribution is 2.24. The number of carboxylic acids is 1. The number of amides is 3. The summed E-state index contributed by atoms with van der Waals surface area (Å²) in [7, 11) is 0. The molecule has 1 aromatic rings. The first-order valence-corrected chi connectivity index (χ1v) is 7.01. The molecule has 0 aliphatic rings. The zero-order valence-corrected chi connectivity index (χ0v) is 12.9. The van der Waals surface area contributed by atoms with Crippen molar-refractivity contribution in [3.05, 3.63) is 15.6 Å². The van der Waals surface area contributed by atoms with E-state index in [1.807, 2.05) is 13.8 Å². The van der Waals surface area contributed by atoms with Crippen molar-refractivity contribution in [2.24, 2.45) is 5.73 Å². The predicted molar refractivity (Wildman–Crippen MR) is 76.9 cm³/mol. The fraction of sp³-hybridized carbons (Fsp3) is 0.500. The lowest BCUT2D eigenvalue weighted by molar-refractivity contribution is -0.137. The number of aliphatic carboxylic acids is 1. The molecule has 0 aromatic carbocycles. The Morgan fingerprint density at radius 3 is 2.43 bits per heavy atom. The smallest absolute Gasteiger partial charge is 0.323 e. The van der Waals surface area contributed by atoms with Gasteiger partial charge < -0.3 is 21.1 Å². The summed E-state index contributed by atoms with van der Waals surface area (Å²) in [6.45, 7) is 4.41. The highest BCUT2D eigenvalue weighted by molar-refractivity contribution is 7.11. The predicted octanol–water partition coefficient (Wildman–Crippen LogP) is 0.402. The average Bonchev–Trinajstić information content (AvgIpc) is 2.66. The molecule has 4 N–H and O–H groups in total. The molecule has 0 aliphatic carbocycles.